The second-order valence-corrected chi connectivity index (χ2v) is 5.83. The molecule has 2 aliphatic rings. The molecule has 19 heavy (non-hydrogen) atoms. The van der Waals surface area contributed by atoms with E-state index >= 15 is 0 Å². The smallest absolute Gasteiger partial charge is 0.158 e. The Morgan fingerprint density at radius 3 is 2.63 bits per heavy atom. The van der Waals surface area contributed by atoms with E-state index in [1.807, 2.05) is 18.2 Å². The van der Waals surface area contributed by atoms with Crippen molar-refractivity contribution in [1.29, 1.82) is 0 Å². The van der Waals surface area contributed by atoms with Crippen LogP contribution in [-0.4, -0.2) is 19.4 Å². The zero-order chi connectivity index (χ0) is 13.1. The molecule has 1 N–H and O–H groups in total. The Hall–Kier alpha value is -0.610. The first kappa shape index (κ1) is 13.4. The molecule has 1 unspecified atom stereocenters. The Kier molecular flexibility index (Phi) is 4.38. The Balaban J connectivity index is 1.59. The van der Waals surface area contributed by atoms with E-state index in [-0.39, 0.29) is 6.29 Å². The van der Waals surface area contributed by atoms with Crippen molar-refractivity contribution in [2.24, 2.45) is 5.92 Å². The Bertz CT molecular complexity index is 432. The molecule has 2 heterocycles. The van der Waals surface area contributed by atoms with Crippen molar-refractivity contribution in [2.75, 3.05) is 13.1 Å². The molecule has 0 bridgehead atoms. The van der Waals surface area contributed by atoms with Gasteiger partial charge in [0.25, 0.3) is 0 Å². The van der Waals surface area contributed by atoms with E-state index in [1.165, 1.54) is 18.4 Å². The first-order chi connectivity index (χ1) is 9.31. The summed E-state index contributed by atoms with van der Waals surface area (Å²) in [6.07, 6.45) is 3.38. The fourth-order valence-electron chi connectivity index (χ4n) is 2.81. The first-order valence-corrected chi connectivity index (χ1v) is 7.40. The number of hydrogen-bond donors (Lipinski definition) is 1. The molecule has 0 aromatic heterocycles. The topological polar surface area (TPSA) is 30.5 Å². The Morgan fingerprint density at radius 1 is 1.11 bits per heavy atom. The number of nitrogens with one attached hydrogen (secondary N) is 1. The van der Waals surface area contributed by atoms with Crippen LogP contribution in [0.15, 0.2) is 18.2 Å². The molecular formula is C15H20ClNO2. The van der Waals surface area contributed by atoms with Crippen LogP contribution in [0.4, 0.5) is 0 Å². The highest BCUT2D eigenvalue weighted by atomic mass is 35.5. The number of halogens is 1. The van der Waals surface area contributed by atoms with E-state index in [0.717, 1.165) is 36.0 Å². The van der Waals surface area contributed by atoms with Crippen molar-refractivity contribution < 1.29 is 9.47 Å². The van der Waals surface area contributed by atoms with Crippen molar-refractivity contribution in [2.45, 2.75) is 38.8 Å². The molecule has 0 amide bonds. The van der Waals surface area contributed by atoms with Gasteiger partial charge in [-0.05, 0) is 55.1 Å². The van der Waals surface area contributed by atoms with Crippen molar-refractivity contribution >= 4 is 11.6 Å². The predicted octanol–water partition coefficient (Wildman–Crippen LogP) is 3.10. The Labute approximate surface area is 119 Å². The maximum absolute atomic E-state index is 6.02. The van der Waals surface area contributed by atoms with Gasteiger partial charge in [0.05, 0.1) is 13.2 Å². The van der Waals surface area contributed by atoms with Gasteiger partial charge in [0.15, 0.2) is 6.29 Å². The molecule has 1 atom stereocenters. The molecular weight excluding hydrogens is 262 g/mol. The lowest BCUT2D eigenvalue weighted by molar-refractivity contribution is -0.159. The van der Waals surface area contributed by atoms with Gasteiger partial charge >= 0.3 is 0 Å². The standard InChI is InChI=1S/C15H20ClNO2/c16-14-2-1-12-9-18-15(19-10-13(12)8-14)7-11-3-5-17-6-4-11/h1-2,8,11,15,17H,3-7,9-10H2. The summed E-state index contributed by atoms with van der Waals surface area (Å²) in [5.41, 5.74) is 2.34. The first-order valence-electron chi connectivity index (χ1n) is 7.02. The zero-order valence-electron chi connectivity index (χ0n) is 11.0. The lowest BCUT2D eigenvalue weighted by Gasteiger charge is -2.26. The molecule has 3 rings (SSSR count). The Morgan fingerprint density at radius 2 is 1.84 bits per heavy atom. The molecule has 1 saturated heterocycles. The van der Waals surface area contributed by atoms with Crippen LogP contribution in [0.5, 0.6) is 0 Å². The minimum Gasteiger partial charge on any atom is -0.348 e. The summed E-state index contributed by atoms with van der Waals surface area (Å²) >= 11 is 6.02. The highest BCUT2D eigenvalue weighted by Gasteiger charge is 2.22. The summed E-state index contributed by atoms with van der Waals surface area (Å²) in [6.45, 7) is 3.47. The third kappa shape index (κ3) is 3.48. The predicted molar refractivity (Wildman–Crippen MR) is 75.0 cm³/mol. The van der Waals surface area contributed by atoms with E-state index in [1.54, 1.807) is 0 Å². The average molecular weight is 282 g/mol. The molecule has 1 aromatic rings. The summed E-state index contributed by atoms with van der Waals surface area (Å²) < 4.78 is 11.8. The highest BCUT2D eigenvalue weighted by Crippen LogP contribution is 2.26. The fraction of sp³-hybridized carbons (Fsp3) is 0.600. The second kappa shape index (κ2) is 6.23. The minimum atomic E-state index is -0.0747. The molecule has 1 fully saturated rings. The molecule has 0 aliphatic carbocycles. The molecule has 0 spiro atoms. The summed E-state index contributed by atoms with van der Waals surface area (Å²) in [5.74, 6) is 0.719. The normalized spacial score (nSPS) is 24.8. The van der Waals surface area contributed by atoms with Gasteiger partial charge < -0.3 is 14.8 Å². The summed E-state index contributed by atoms with van der Waals surface area (Å²) in [6, 6.07) is 5.93. The van der Waals surface area contributed by atoms with Crippen LogP contribution in [0.25, 0.3) is 0 Å². The molecule has 3 nitrogen and oxygen atoms in total. The quantitative estimate of drug-likeness (QED) is 0.904. The van der Waals surface area contributed by atoms with Crippen molar-refractivity contribution in [1.82, 2.24) is 5.32 Å². The van der Waals surface area contributed by atoms with Crippen LogP contribution >= 0.6 is 11.6 Å². The van der Waals surface area contributed by atoms with Crippen LogP contribution in [0.3, 0.4) is 0 Å². The van der Waals surface area contributed by atoms with E-state index in [2.05, 4.69) is 5.32 Å². The van der Waals surface area contributed by atoms with Crippen molar-refractivity contribution in [3.63, 3.8) is 0 Å². The number of rotatable bonds is 2. The van der Waals surface area contributed by atoms with Gasteiger partial charge in [0.2, 0.25) is 0 Å². The molecule has 0 radical (unpaired) electrons. The number of fused-ring (bicyclic) bond motifs is 1. The summed E-state index contributed by atoms with van der Waals surface area (Å²) in [7, 11) is 0. The molecule has 0 saturated carbocycles. The monoisotopic (exact) mass is 281 g/mol. The van der Waals surface area contributed by atoms with Crippen LogP contribution in [0, 0.1) is 5.92 Å². The number of benzene rings is 1. The van der Waals surface area contributed by atoms with Gasteiger partial charge in [-0.2, -0.15) is 0 Å². The van der Waals surface area contributed by atoms with Gasteiger partial charge in [-0.3, -0.25) is 0 Å². The summed E-state index contributed by atoms with van der Waals surface area (Å²) in [4.78, 5) is 0. The molecule has 4 heteroatoms. The van der Waals surface area contributed by atoms with E-state index in [4.69, 9.17) is 21.1 Å². The van der Waals surface area contributed by atoms with E-state index < -0.39 is 0 Å². The van der Waals surface area contributed by atoms with Gasteiger partial charge in [0.1, 0.15) is 0 Å². The van der Waals surface area contributed by atoms with Crippen LogP contribution in [0.2, 0.25) is 5.02 Å². The molecule has 2 aliphatic heterocycles. The largest absolute Gasteiger partial charge is 0.348 e. The lowest BCUT2D eigenvalue weighted by atomic mass is 9.94. The van der Waals surface area contributed by atoms with Crippen molar-refractivity contribution in [3.05, 3.63) is 34.3 Å². The van der Waals surface area contributed by atoms with Gasteiger partial charge in [-0.15, -0.1) is 0 Å². The van der Waals surface area contributed by atoms with Crippen molar-refractivity contribution in [3.8, 4) is 0 Å². The molecule has 104 valence electrons. The highest BCUT2D eigenvalue weighted by molar-refractivity contribution is 6.30. The number of ether oxygens (including phenoxy) is 2. The average Bonchev–Trinajstić information content (AvgIpc) is 2.63. The lowest BCUT2D eigenvalue weighted by Crippen LogP contribution is -2.30. The van der Waals surface area contributed by atoms with Crippen LogP contribution in [0.1, 0.15) is 30.4 Å². The third-order valence-electron chi connectivity index (χ3n) is 4.00. The SMILES string of the molecule is Clc1ccc2c(c1)COC(CC1CCNCC1)OC2. The zero-order valence-corrected chi connectivity index (χ0v) is 11.8. The van der Waals surface area contributed by atoms with Gasteiger partial charge in [-0.25, -0.2) is 0 Å². The van der Waals surface area contributed by atoms with Crippen LogP contribution < -0.4 is 5.32 Å². The maximum atomic E-state index is 6.02. The molecule has 1 aromatic carbocycles. The van der Waals surface area contributed by atoms with E-state index in [0.29, 0.717) is 13.2 Å². The maximum Gasteiger partial charge on any atom is 0.158 e. The minimum absolute atomic E-state index is 0.0747. The fourth-order valence-corrected chi connectivity index (χ4v) is 3.00. The number of piperidine rings is 1. The number of hydrogen-bond acceptors (Lipinski definition) is 3. The van der Waals surface area contributed by atoms with E-state index in [9.17, 15) is 0 Å². The van der Waals surface area contributed by atoms with Crippen LogP contribution in [-0.2, 0) is 22.7 Å². The van der Waals surface area contributed by atoms with Gasteiger partial charge in [0, 0.05) is 11.4 Å². The second-order valence-electron chi connectivity index (χ2n) is 5.39. The summed E-state index contributed by atoms with van der Waals surface area (Å²) in [5, 5.41) is 4.15. The van der Waals surface area contributed by atoms with Gasteiger partial charge in [-0.1, -0.05) is 17.7 Å². The third-order valence-corrected chi connectivity index (χ3v) is 4.24.